The number of hydrogen-bond acceptors (Lipinski definition) is 5. The summed E-state index contributed by atoms with van der Waals surface area (Å²) in [4.78, 5) is 24.7. The number of hydrogen-bond donors (Lipinski definition) is 5. The summed E-state index contributed by atoms with van der Waals surface area (Å²) < 4.78 is 0. The standard InChI is InChI=1S/C24H42N4O3/c1-2-10-23(30)28-22(19-20-11-13-21(29)14-12-20)24(31)27-17-9-7-5-3-4-6-8-16-26-18-15-25/h11-14,22,26,29H,2-10,15-19,25H2,1H3,(H,27,31)(H,28,30)/t22-/m0/s1. The van der Waals surface area contributed by atoms with Crippen LogP contribution in [0.1, 0.15) is 70.3 Å². The van der Waals surface area contributed by atoms with E-state index in [9.17, 15) is 14.7 Å². The second-order valence-electron chi connectivity index (χ2n) is 8.05. The number of carbonyl (C=O) groups is 2. The topological polar surface area (TPSA) is 116 Å². The van der Waals surface area contributed by atoms with Crippen molar-refractivity contribution in [1.29, 1.82) is 0 Å². The SMILES string of the molecule is CCCC(=O)N[C@@H](Cc1ccc(O)cc1)C(=O)NCCCCCCCCCNCCN. The van der Waals surface area contributed by atoms with Crippen LogP contribution in [0.3, 0.4) is 0 Å². The van der Waals surface area contributed by atoms with Crippen LogP contribution in [0.15, 0.2) is 24.3 Å². The summed E-state index contributed by atoms with van der Waals surface area (Å²) in [6, 6.07) is 6.13. The lowest BCUT2D eigenvalue weighted by atomic mass is 10.0. The minimum atomic E-state index is -0.600. The molecule has 176 valence electrons. The molecule has 0 unspecified atom stereocenters. The van der Waals surface area contributed by atoms with Gasteiger partial charge < -0.3 is 26.8 Å². The van der Waals surface area contributed by atoms with E-state index in [4.69, 9.17) is 5.73 Å². The van der Waals surface area contributed by atoms with E-state index in [-0.39, 0.29) is 17.6 Å². The fourth-order valence-corrected chi connectivity index (χ4v) is 3.39. The molecule has 0 saturated carbocycles. The average molecular weight is 435 g/mol. The monoisotopic (exact) mass is 434 g/mol. The molecule has 0 saturated heterocycles. The number of amides is 2. The Morgan fingerprint density at radius 3 is 2.16 bits per heavy atom. The lowest BCUT2D eigenvalue weighted by Crippen LogP contribution is -2.48. The van der Waals surface area contributed by atoms with Crippen LogP contribution in [0.5, 0.6) is 5.75 Å². The zero-order valence-corrected chi connectivity index (χ0v) is 19.1. The van der Waals surface area contributed by atoms with Gasteiger partial charge >= 0.3 is 0 Å². The highest BCUT2D eigenvalue weighted by Gasteiger charge is 2.20. The van der Waals surface area contributed by atoms with Gasteiger partial charge in [0.2, 0.25) is 11.8 Å². The Morgan fingerprint density at radius 2 is 1.55 bits per heavy atom. The summed E-state index contributed by atoms with van der Waals surface area (Å²) in [6.07, 6.45) is 9.67. The summed E-state index contributed by atoms with van der Waals surface area (Å²) in [5.74, 6) is -0.0785. The van der Waals surface area contributed by atoms with Crippen LogP contribution < -0.4 is 21.7 Å². The van der Waals surface area contributed by atoms with Crippen molar-refractivity contribution in [1.82, 2.24) is 16.0 Å². The fourth-order valence-electron chi connectivity index (χ4n) is 3.39. The van der Waals surface area contributed by atoms with E-state index in [0.29, 0.717) is 25.9 Å². The van der Waals surface area contributed by atoms with E-state index in [1.807, 2.05) is 6.92 Å². The first-order valence-corrected chi connectivity index (χ1v) is 11.8. The van der Waals surface area contributed by atoms with Gasteiger partial charge in [0.25, 0.3) is 0 Å². The number of phenolic OH excluding ortho intramolecular Hbond substituents is 1. The highest BCUT2D eigenvalue weighted by Crippen LogP contribution is 2.12. The van der Waals surface area contributed by atoms with Crippen molar-refractivity contribution in [3.8, 4) is 5.75 Å². The quantitative estimate of drug-likeness (QED) is 0.228. The molecule has 1 aromatic carbocycles. The minimum Gasteiger partial charge on any atom is -0.508 e. The maximum absolute atomic E-state index is 12.6. The van der Waals surface area contributed by atoms with Gasteiger partial charge in [-0.1, -0.05) is 51.2 Å². The predicted octanol–water partition coefficient (Wildman–Crippen LogP) is 2.61. The van der Waals surface area contributed by atoms with Crippen molar-refractivity contribution >= 4 is 11.8 Å². The molecular weight excluding hydrogens is 392 g/mol. The summed E-state index contributed by atoms with van der Waals surface area (Å²) in [5.41, 5.74) is 6.34. The number of rotatable bonds is 18. The molecule has 0 aliphatic carbocycles. The molecule has 1 aromatic rings. The Morgan fingerprint density at radius 1 is 0.935 bits per heavy atom. The molecule has 31 heavy (non-hydrogen) atoms. The summed E-state index contributed by atoms with van der Waals surface area (Å²) in [7, 11) is 0. The van der Waals surface area contributed by atoms with Crippen molar-refractivity contribution in [3.05, 3.63) is 29.8 Å². The molecule has 0 aliphatic heterocycles. The molecule has 0 heterocycles. The third kappa shape index (κ3) is 13.7. The van der Waals surface area contributed by atoms with Gasteiger partial charge in [0.15, 0.2) is 0 Å². The minimum absolute atomic E-state index is 0.111. The van der Waals surface area contributed by atoms with E-state index >= 15 is 0 Å². The second-order valence-corrected chi connectivity index (χ2v) is 8.05. The van der Waals surface area contributed by atoms with Crippen LogP contribution in [-0.2, 0) is 16.0 Å². The van der Waals surface area contributed by atoms with Gasteiger partial charge in [-0.15, -0.1) is 0 Å². The highest BCUT2D eigenvalue weighted by atomic mass is 16.3. The van der Waals surface area contributed by atoms with Gasteiger partial charge in [0, 0.05) is 32.5 Å². The summed E-state index contributed by atoms with van der Waals surface area (Å²) in [5, 5.41) is 18.6. The molecule has 0 aliphatic rings. The molecule has 6 N–H and O–H groups in total. The number of benzene rings is 1. The molecule has 1 atom stereocenters. The van der Waals surface area contributed by atoms with Gasteiger partial charge in [-0.05, 0) is 43.5 Å². The van der Waals surface area contributed by atoms with Crippen molar-refractivity contribution in [2.45, 2.75) is 77.2 Å². The Bertz CT molecular complexity index is 607. The molecule has 0 aromatic heterocycles. The number of phenols is 1. The highest BCUT2D eigenvalue weighted by molar-refractivity contribution is 5.87. The molecule has 1 rings (SSSR count). The van der Waals surface area contributed by atoms with Gasteiger partial charge in [0.05, 0.1) is 0 Å². The Labute approximate surface area is 187 Å². The van der Waals surface area contributed by atoms with E-state index in [1.165, 1.54) is 32.1 Å². The molecule has 2 amide bonds. The first kappa shape index (κ1) is 26.9. The lowest BCUT2D eigenvalue weighted by molar-refractivity contribution is -0.129. The van der Waals surface area contributed by atoms with Gasteiger partial charge in [-0.25, -0.2) is 0 Å². The van der Waals surface area contributed by atoms with Crippen LogP contribution in [0.25, 0.3) is 0 Å². The van der Waals surface area contributed by atoms with Crippen LogP contribution in [0.2, 0.25) is 0 Å². The first-order valence-electron chi connectivity index (χ1n) is 11.8. The van der Waals surface area contributed by atoms with Crippen molar-refractivity contribution < 1.29 is 14.7 Å². The van der Waals surface area contributed by atoms with Gasteiger partial charge in [-0.3, -0.25) is 9.59 Å². The summed E-state index contributed by atoms with van der Waals surface area (Å²) >= 11 is 0. The number of nitrogens with two attached hydrogens (primary N) is 1. The predicted molar refractivity (Wildman–Crippen MR) is 126 cm³/mol. The Balaban J connectivity index is 2.25. The number of nitrogens with one attached hydrogen (secondary N) is 3. The van der Waals surface area contributed by atoms with Crippen molar-refractivity contribution in [2.75, 3.05) is 26.2 Å². The van der Waals surface area contributed by atoms with E-state index in [2.05, 4.69) is 16.0 Å². The molecule has 0 radical (unpaired) electrons. The van der Waals surface area contributed by atoms with E-state index in [1.54, 1.807) is 24.3 Å². The largest absolute Gasteiger partial charge is 0.508 e. The third-order valence-corrected chi connectivity index (χ3v) is 5.16. The molecular formula is C24H42N4O3. The van der Waals surface area contributed by atoms with Crippen LogP contribution in [0.4, 0.5) is 0 Å². The molecule has 0 fully saturated rings. The van der Waals surface area contributed by atoms with Crippen molar-refractivity contribution in [3.63, 3.8) is 0 Å². The molecule has 0 spiro atoms. The van der Waals surface area contributed by atoms with Gasteiger partial charge in [-0.2, -0.15) is 0 Å². The van der Waals surface area contributed by atoms with E-state index in [0.717, 1.165) is 37.9 Å². The summed E-state index contributed by atoms with van der Waals surface area (Å²) in [6.45, 7) is 5.19. The molecule has 0 bridgehead atoms. The molecule has 7 nitrogen and oxygen atoms in total. The van der Waals surface area contributed by atoms with Crippen LogP contribution in [-0.4, -0.2) is 49.1 Å². The number of carbonyl (C=O) groups excluding carboxylic acids is 2. The maximum atomic E-state index is 12.6. The number of aromatic hydroxyl groups is 1. The Kier molecular flexibility index (Phi) is 15.2. The maximum Gasteiger partial charge on any atom is 0.242 e. The average Bonchev–Trinajstić information content (AvgIpc) is 2.75. The fraction of sp³-hybridized carbons (Fsp3) is 0.667. The zero-order valence-electron chi connectivity index (χ0n) is 19.1. The van der Waals surface area contributed by atoms with Crippen LogP contribution >= 0.6 is 0 Å². The van der Waals surface area contributed by atoms with E-state index < -0.39 is 6.04 Å². The van der Waals surface area contributed by atoms with Gasteiger partial charge in [0.1, 0.15) is 11.8 Å². The first-order chi connectivity index (χ1) is 15.1. The lowest BCUT2D eigenvalue weighted by Gasteiger charge is -2.19. The normalized spacial score (nSPS) is 11.8. The third-order valence-electron chi connectivity index (χ3n) is 5.16. The van der Waals surface area contributed by atoms with Crippen molar-refractivity contribution in [2.24, 2.45) is 5.73 Å². The molecule has 7 heteroatoms. The zero-order chi connectivity index (χ0) is 22.7. The second kappa shape index (κ2) is 17.5. The number of unbranched alkanes of at least 4 members (excludes halogenated alkanes) is 6. The van der Waals surface area contributed by atoms with Crippen LogP contribution in [0, 0.1) is 0 Å². The smallest absolute Gasteiger partial charge is 0.242 e. The Hall–Kier alpha value is -2.12.